The van der Waals surface area contributed by atoms with Gasteiger partial charge >= 0.3 is 0 Å². The van der Waals surface area contributed by atoms with Crippen molar-refractivity contribution in [3.05, 3.63) is 52.9 Å². The molecule has 0 aliphatic carbocycles. The number of halogens is 1. The Morgan fingerprint density at radius 3 is 2.87 bits per heavy atom. The zero-order valence-corrected chi connectivity index (χ0v) is 17.5. The van der Waals surface area contributed by atoms with Crippen LogP contribution in [0, 0.1) is 12.7 Å². The molecule has 2 aliphatic heterocycles. The molecule has 30 heavy (non-hydrogen) atoms. The van der Waals surface area contributed by atoms with Gasteiger partial charge < -0.3 is 10.1 Å². The van der Waals surface area contributed by atoms with Crippen molar-refractivity contribution in [2.45, 2.75) is 38.6 Å². The molecule has 158 valence electrons. The van der Waals surface area contributed by atoms with E-state index in [1.165, 1.54) is 6.07 Å². The number of anilines is 1. The number of rotatable bonds is 4. The summed E-state index contributed by atoms with van der Waals surface area (Å²) in [5.41, 5.74) is 4.33. The fourth-order valence-corrected chi connectivity index (χ4v) is 6.00. The smallest absolute Gasteiger partial charge is 0.208 e. The second-order valence-electron chi connectivity index (χ2n) is 7.97. The number of hydrogen-bond acceptors (Lipinski definition) is 6. The van der Waals surface area contributed by atoms with Crippen molar-refractivity contribution in [2.24, 2.45) is 0 Å². The van der Waals surface area contributed by atoms with Gasteiger partial charge in [0.25, 0.3) is 0 Å². The SMILES string of the molecule is Cc1ncn2c(NCc3c(F)ccc4c3CCO4)ncc(C3CCS(=O)(=O)CC3)c12. The lowest BCUT2D eigenvalue weighted by molar-refractivity contribution is 0.356. The van der Waals surface area contributed by atoms with Gasteiger partial charge in [0.2, 0.25) is 5.95 Å². The Bertz CT molecular complexity index is 1220. The first-order valence-electron chi connectivity index (χ1n) is 10.1. The van der Waals surface area contributed by atoms with E-state index in [2.05, 4.69) is 15.3 Å². The number of aromatic nitrogens is 3. The first-order valence-corrected chi connectivity index (χ1v) is 11.9. The lowest BCUT2D eigenvalue weighted by Crippen LogP contribution is -2.23. The molecule has 0 radical (unpaired) electrons. The fourth-order valence-electron chi connectivity index (χ4n) is 4.50. The molecule has 1 fully saturated rings. The monoisotopic (exact) mass is 430 g/mol. The fraction of sp³-hybridized carbons (Fsp3) is 0.429. The molecule has 7 nitrogen and oxygen atoms in total. The van der Waals surface area contributed by atoms with E-state index >= 15 is 0 Å². The van der Waals surface area contributed by atoms with Gasteiger partial charge in [0.1, 0.15) is 27.7 Å². The van der Waals surface area contributed by atoms with E-state index in [9.17, 15) is 12.8 Å². The third kappa shape index (κ3) is 3.30. The maximum atomic E-state index is 14.5. The van der Waals surface area contributed by atoms with Crippen molar-refractivity contribution >= 4 is 21.3 Å². The highest BCUT2D eigenvalue weighted by Gasteiger charge is 2.27. The molecular formula is C21H23FN4O3S. The van der Waals surface area contributed by atoms with E-state index in [0.29, 0.717) is 43.9 Å². The molecule has 0 atom stereocenters. The zero-order chi connectivity index (χ0) is 20.9. The summed E-state index contributed by atoms with van der Waals surface area (Å²) in [5.74, 6) is 1.61. The number of aryl methyl sites for hydroxylation is 1. The van der Waals surface area contributed by atoms with Crippen molar-refractivity contribution in [2.75, 3.05) is 23.4 Å². The minimum atomic E-state index is -2.93. The molecule has 4 heterocycles. The van der Waals surface area contributed by atoms with E-state index in [4.69, 9.17) is 4.74 Å². The van der Waals surface area contributed by atoms with Crippen molar-refractivity contribution in [1.29, 1.82) is 0 Å². The highest BCUT2D eigenvalue weighted by atomic mass is 32.2. The summed E-state index contributed by atoms with van der Waals surface area (Å²) in [6.45, 7) is 2.79. The zero-order valence-electron chi connectivity index (χ0n) is 16.7. The largest absolute Gasteiger partial charge is 0.493 e. The quantitative estimate of drug-likeness (QED) is 0.685. The van der Waals surface area contributed by atoms with E-state index in [-0.39, 0.29) is 23.2 Å². The number of nitrogens with zero attached hydrogens (tertiary/aromatic N) is 3. The Hall–Kier alpha value is -2.68. The summed E-state index contributed by atoms with van der Waals surface area (Å²) in [6.07, 6.45) is 5.40. The van der Waals surface area contributed by atoms with Crippen LogP contribution < -0.4 is 10.1 Å². The Morgan fingerprint density at radius 2 is 2.07 bits per heavy atom. The normalized spacial score (nSPS) is 18.3. The number of hydrogen-bond donors (Lipinski definition) is 1. The van der Waals surface area contributed by atoms with Crippen LogP contribution >= 0.6 is 0 Å². The van der Waals surface area contributed by atoms with Crippen molar-refractivity contribution in [3.63, 3.8) is 0 Å². The van der Waals surface area contributed by atoms with Gasteiger partial charge in [-0.2, -0.15) is 0 Å². The maximum absolute atomic E-state index is 14.5. The van der Waals surface area contributed by atoms with Crippen LogP contribution in [-0.4, -0.2) is 40.9 Å². The second-order valence-corrected chi connectivity index (χ2v) is 10.3. The van der Waals surface area contributed by atoms with Crippen LogP contribution in [0.1, 0.15) is 41.1 Å². The van der Waals surface area contributed by atoms with Crippen LogP contribution in [0.3, 0.4) is 0 Å². The Morgan fingerprint density at radius 1 is 1.27 bits per heavy atom. The van der Waals surface area contributed by atoms with Gasteiger partial charge in [0.15, 0.2) is 0 Å². The van der Waals surface area contributed by atoms with Crippen molar-refractivity contribution in [1.82, 2.24) is 14.4 Å². The highest BCUT2D eigenvalue weighted by Crippen LogP contribution is 2.34. The number of imidazole rings is 1. The first-order chi connectivity index (χ1) is 14.4. The van der Waals surface area contributed by atoms with Crippen LogP contribution in [0.5, 0.6) is 5.75 Å². The molecule has 2 aliphatic rings. The van der Waals surface area contributed by atoms with E-state index < -0.39 is 9.84 Å². The molecule has 1 aromatic carbocycles. The first kappa shape index (κ1) is 19.3. The summed E-state index contributed by atoms with van der Waals surface area (Å²) >= 11 is 0. The van der Waals surface area contributed by atoms with Gasteiger partial charge in [0.05, 0.1) is 29.3 Å². The topological polar surface area (TPSA) is 85.6 Å². The number of fused-ring (bicyclic) bond motifs is 2. The third-order valence-corrected chi connectivity index (χ3v) is 7.85. The van der Waals surface area contributed by atoms with Crippen LogP contribution in [-0.2, 0) is 22.8 Å². The Kier molecular flexibility index (Phi) is 4.65. The predicted octanol–water partition coefficient (Wildman–Crippen LogP) is 3.02. The van der Waals surface area contributed by atoms with Crippen LogP contribution in [0.15, 0.2) is 24.7 Å². The van der Waals surface area contributed by atoms with E-state index in [0.717, 1.165) is 28.1 Å². The van der Waals surface area contributed by atoms with Gasteiger partial charge in [-0.05, 0) is 43.4 Å². The lowest BCUT2D eigenvalue weighted by Gasteiger charge is -2.23. The van der Waals surface area contributed by atoms with Gasteiger partial charge in [-0.15, -0.1) is 0 Å². The minimum absolute atomic E-state index is 0.139. The molecule has 5 rings (SSSR count). The molecule has 0 spiro atoms. The van der Waals surface area contributed by atoms with E-state index in [1.807, 2.05) is 17.5 Å². The number of benzene rings is 1. The molecule has 0 bridgehead atoms. The second kappa shape index (κ2) is 7.23. The molecule has 0 amide bonds. The molecular weight excluding hydrogens is 407 g/mol. The Balaban J connectivity index is 1.45. The van der Waals surface area contributed by atoms with Crippen LogP contribution in [0.4, 0.5) is 10.3 Å². The van der Waals surface area contributed by atoms with Crippen LogP contribution in [0.2, 0.25) is 0 Å². The van der Waals surface area contributed by atoms with Crippen molar-refractivity contribution in [3.8, 4) is 5.75 Å². The summed E-state index contributed by atoms with van der Waals surface area (Å²) in [6, 6.07) is 3.11. The average molecular weight is 431 g/mol. The summed E-state index contributed by atoms with van der Waals surface area (Å²) < 4.78 is 45.5. The molecule has 0 saturated carbocycles. The number of nitrogens with one attached hydrogen (secondary N) is 1. The van der Waals surface area contributed by atoms with Crippen LogP contribution in [0.25, 0.3) is 5.52 Å². The average Bonchev–Trinajstić information content (AvgIpc) is 3.35. The van der Waals surface area contributed by atoms with Crippen molar-refractivity contribution < 1.29 is 17.5 Å². The molecule has 2 aromatic heterocycles. The molecule has 0 unspecified atom stereocenters. The number of ether oxygens (including phenoxy) is 1. The minimum Gasteiger partial charge on any atom is -0.493 e. The Labute approximate surface area is 174 Å². The molecule has 1 saturated heterocycles. The molecule has 9 heteroatoms. The standard InChI is InChI=1S/C21H23FN4O3S/c1-13-20-16(14-5-8-30(27,28)9-6-14)10-23-21(26(20)12-25-13)24-11-17-15-4-7-29-19(15)3-2-18(17)22/h2-3,10,12,14H,4-9,11H2,1H3,(H,23,24). The summed E-state index contributed by atoms with van der Waals surface area (Å²) in [5, 5.41) is 3.25. The summed E-state index contributed by atoms with van der Waals surface area (Å²) in [7, 11) is -2.93. The van der Waals surface area contributed by atoms with Gasteiger partial charge in [-0.1, -0.05) is 0 Å². The lowest BCUT2D eigenvalue weighted by atomic mass is 9.94. The van der Waals surface area contributed by atoms with Gasteiger partial charge in [-0.3, -0.25) is 4.40 Å². The van der Waals surface area contributed by atoms with E-state index in [1.54, 1.807) is 12.4 Å². The molecule has 3 aromatic rings. The third-order valence-electron chi connectivity index (χ3n) is 6.14. The predicted molar refractivity (Wildman–Crippen MR) is 111 cm³/mol. The highest BCUT2D eigenvalue weighted by molar-refractivity contribution is 7.91. The maximum Gasteiger partial charge on any atom is 0.208 e. The molecule has 1 N–H and O–H groups in total. The summed E-state index contributed by atoms with van der Waals surface area (Å²) in [4.78, 5) is 9.02. The van der Waals surface area contributed by atoms with Gasteiger partial charge in [-0.25, -0.2) is 22.8 Å². The number of sulfone groups is 1. The van der Waals surface area contributed by atoms with Gasteiger partial charge in [0, 0.05) is 30.3 Å².